The van der Waals surface area contributed by atoms with Gasteiger partial charge in [0.05, 0.1) is 4.90 Å². The number of aromatic carboxylic acids is 1. The summed E-state index contributed by atoms with van der Waals surface area (Å²) in [6.07, 6.45) is 1.30. The summed E-state index contributed by atoms with van der Waals surface area (Å²) in [5.41, 5.74) is -0.231. The molecule has 1 aromatic carbocycles. The Balaban J connectivity index is 0.00000220. The van der Waals surface area contributed by atoms with E-state index < -0.39 is 16.0 Å². The van der Waals surface area contributed by atoms with Gasteiger partial charge >= 0.3 is 5.97 Å². The number of aromatic nitrogens is 1. The predicted octanol–water partition coefficient (Wildman–Crippen LogP) is 2.66. The molecule has 1 heterocycles. The molecule has 0 aliphatic carbocycles. The van der Waals surface area contributed by atoms with E-state index in [-0.39, 0.29) is 28.7 Å². The Morgan fingerprint density at radius 1 is 1.19 bits per heavy atom. The molecule has 0 bridgehead atoms. The van der Waals surface area contributed by atoms with Crippen LogP contribution in [0.5, 0.6) is 0 Å². The van der Waals surface area contributed by atoms with Crippen LogP contribution in [-0.4, -0.2) is 24.5 Å². The molecule has 112 valence electrons. The summed E-state index contributed by atoms with van der Waals surface area (Å²) in [6, 6.07) is 8.14. The number of carboxylic acids is 1. The highest BCUT2D eigenvalue weighted by Gasteiger charge is 2.19. The van der Waals surface area contributed by atoms with Gasteiger partial charge in [0.1, 0.15) is 5.56 Å². The van der Waals surface area contributed by atoms with Gasteiger partial charge in [0, 0.05) is 11.2 Å². The molecular formula is C12H10Cl2N2O4S. The highest BCUT2D eigenvalue weighted by Crippen LogP contribution is 2.19. The molecule has 0 unspecified atom stereocenters. The van der Waals surface area contributed by atoms with Crippen LogP contribution in [0.3, 0.4) is 0 Å². The van der Waals surface area contributed by atoms with Crippen molar-refractivity contribution in [2.75, 3.05) is 4.72 Å². The van der Waals surface area contributed by atoms with E-state index >= 15 is 0 Å². The first-order chi connectivity index (χ1) is 9.40. The molecule has 2 aromatic rings. The number of anilines is 1. The van der Waals surface area contributed by atoms with Gasteiger partial charge in [0.25, 0.3) is 10.0 Å². The number of nitrogens with one attached hydrogen (secondary N) is 1. The third kappa shape index (κ3) is 4.07. The molecule has 0 fully saturated rings. The van der Waals surface area contributed by atoms with Crippen molar-refractivity contribution in [3.05, 3.63) is 53.2 Å². The third-order valence-electron chi connectivity index (χ3n) is 2.39. The third-order valence-corrected chi connectivity index (χ3v) is 4.00. The Bertz CT molecular complexity index is 748. The molecule has 0 aliphatic heterocycles. The second-order valence-corrected chi connectivity index (χ2v) is 5.88. The molecule has 2 rings (SSSR count). The molecule has 0 saturated carbocycles. The van der Waals surface area contributed by atoms with Crippen molar-refractivity contribution in [3.8, 4) is 0 Å². The van der Waals surface area contributed by atoms with Crippen molar-refractivity contribution >= 4 is 45.8 Å². The normalized spacial score (nSPS) is 10.5. The highest BCUT2D eigenvalue weighted by atomic mass is 35.5. The molecule has 6 nitrogen and oxygen atoms in total. The maximum Gasteiger partial charge on any atom is 0.339 e. The average molecular weight is 349 g/mol. The second-order valence-electron chi connectivity index (χ2n) is 3.76. The fourth-order valence-corrected chi connectivity index (χ4v) is 2.61. The maximum atomic E-state index is 12.1. The summed E-state index contributed by atoms with van der Waals surface area (Å²) in [7, 11) is -3.92. The van der Waals surface area contributed by atoms with E-state index in [1.54, 1.807) is 0 Å². The number of hydrogen-bond donors (Lipinski definition) is 2. The fraction of sp³-hybridized carbons (Fsp3) is 0. The zero-order chi connectivity index (χ0) is 14.8. The SMILES string of the molecule is Cl.O=C(O)c1cccnc1NS(=O)(=O)c1ccc(Cl)cc1. The van der Waals surface area contributed by atoms with Gasteiger partial charge in [-0.05, 0) is 36.4 Å². The van der Waals surface area contributed by atoms with Gasteiger partial charge in [-0.25, -0.2) is 18.2 Å². The van der Waals surface area contributed by atoms with E-state index in [9.17, 15) is 13.2 Å². The van der Waals surface area contributed by atoms with Crippen molar-refractivity contribution in [3.63, 3.8) is 0 Å². The summed E-state index contributed by atoms with van der Waals surface area (Å²) in [4.78, 5) is 14.7. The summed E-state index contributed by atoms with van der Waals surface area (Å²) >= 11 is 5.68. The zero-order valence-corrected chi connectivity index (χ0v) is 12.7. The Labute approximate surface area is 132 Å². The minimum absolute atomic E-state index is 0. The van der Waals surface area contributed by atoms with Crippen molar-refractivity contribution in [2.45, 2.75) is 4.90 Å². The fourth-order valence-electron chi connectivity index (χ4n) is 1.46. The van der Waals surface area contributed by atoms with Crippen molar-refractivity contribution < 1.29 is 18.3 Å². The number of hydrogen-bond acceptors (Lipinski definition) is 4. The van der Waals surface area contributed by atoms with Crippen LogP contribution in [0.15, 0.2) is 47.5 Å². The largest absolute Gasteiger partial charge is 0.478 e. The van der Waals surface area contributed by atoms with E-state index in [2.05, 4.69) is 9.71 Å². The Morgan fingerprint density at radius 3 is 2.38 bits per heavy atom. The van der Waals surface area contributed by atoms with Gasteiger partial charge in [-0.2, -0.15) is 0 Å². The smallest absolute Gasteiger partial charge is 0.339 e. The van der Waals surface area contributed by atoms with Gasteiger partial charge in [-0.3, -0.25) is 4.72 Å². The number of benzene rings is 1. The van der Waals surface area contributed by atoms with E-state index in [4.69, 9.17) is 16.7 Å². The van der Waals surface area contributed by atoms with E-state index in [1.165, 1.54) is 42.6 Å². The Morgan fingerprint density at radius 2 is 1.81 bits per heavy atom. The minimum atomic E-state index is -3.92. The minimum Gasteiger partial charge on any atom is -0.478 e. The van der Waals surface area contributed by atoms with Crippen molar-refractivity contribution in [1.82, 2.24) is 4.98 Å². The molecule has 2 N–H and O–H groups in total. The van der Waals surface area contributed by atoms with Crippen molar-refractivity contribution in [2.24, 2.45) is 0 Å². The van der Waals surface area contributed by atoms with E-state index in [0.717, 1.165) is 0 Å². The molecule has 21 heavy (non-hydrogen) atoms. The molecule has 0 atom stereocenters. The molecular weight excluding hydrogens is 339 g/mol. The van der Waals surface area contributed by atoms with Crippen LogP contribution < -0.4 is 4.72 Å². The van der Waals surface area contributed by atoms with Crippen LogP contribution in [0.1, 0.15) is 10.4 Å². The number of carbonyl (C=O) groups is 1. The van der Waals surface area contributed by atoms with Gasteiger partial charge in [0.15, 0.2) is 5.82 Å². The number of nitrogens with zero attached hydrogens (tertiary/aromatic N) is 1. The first kappa shape index (κ1) is 17.2. The second kappa shape index (κ2) is 6.75. The summed E-state index contributed by atoms with van der Waals surface area (Å²) < 4.78 is 26.3. The Hall–Kier alpha value is -1.83. The Kier molecular flexibility index (Phi) is 5.54. The quantitative estimate of drug-likeness (QED) is 0.885. The predicted molar refractivity (Wildman–Crippen MR) is 80.7 cm³/mol. The number of rotatable bonds is 4. The van der Waals surface area contributed by atoms with E-state index in [1.807, 2.05) is 0 Å². The topological polar surface area (TPSA) is 96.4 Å². The van der Waals surface area contributed by atoms with Gasteiger partial charge < -0.3 is 5.11 Å². The standard InChI is InChI=1S/C12H9ClN2O4S.ClH/c13-8-3-5-9(6-4-8)20(18,19)15-11-10(12(16)17)2-1-7-14-11;/h1-7H,(H,14,15)(H,16,17);1H. The van der Waals surface area contributed by atoms with Crippen LogP contribution in [0.2, 0.25) is 5.02 Å². The average Bonchev–Trinajstić information content (AvgIpc) is 2.39. The first-order valence-corrected chi connectivity index (χ1v) is 7.23. The molecule has 9 heteroatoms. The molecule has 0 amide bonds. The zero-order valence-electron chi connectivity index (χ0n) is 10.4. The molecule has 0 aliphatic rings. The van der Waals surface area contributed by atoms with Crippen LogP contribution >= 0.6 is 24.0 Å². The molecule has 0 saturated heterocycles. The van der Waals surface area contributed by atoms with E-state index in [0.29, 0.717) is 5.02 Å². The maximum absolute atomic E-state index is 12.1. The lowest BCUT2D eigenvalue weighted by atomic mass is 10.3. The number of halogens is 2. The number of pyridine rings is 1. The van der Waals surface area contributed by atoms with Crippen LogP contribution in [0, 0.1) is 0 Å². The monoisotopic (exact) mass is 348 g/mol. The summed E-state index contributed by atoms with van der Waals surface area (Å²) in [6.45, 7) is 0. The number of sulfonamides is 1. The van der Waals surface area contributed by atoms with Crippen LogP contribution in [0.25, 0.3) is 0 Å². The van der Waals surface area contributed by atoms with Gasteiger partial charge in [0.2, 0.25) is 0 Å². The molecule has 1 aromatic heterocycles. The first-order valence-electron chi connectivity index (χ1n) is 5.37. The van der Waals surface area contributed by atoms with Crippen LogP contribution in [-0.2, 0) is 10.0 Å². The van der Waals surface area contributed by atoms with Crippen molar-refractivity contribution in [1.29, 1.82) is 0 Å². The van der Waals surface area contributed by atoms with Crippen LogP contribution in [0.4, 0.5) is 5.82 Å². The lowest BCUT2D eigenvalue weighted by Crippen LogP contribution is -2.16. The van der Waals surface area contributed by atoms with Gasteiger partial charge in [-0.1, -0.05) is 11.6 Å². The highest BCUT2D eigenvalue weighted by molar-refractivity contribution is 7.92. The number of carboxylic acid groups (broad SMARTS) is 1. The summed E-state index contributed by atoms with van der Waals surface area (Å²) in [5.74, 6) is -1.51. The lowest BCUT2D eigenvalue weighted by Gasteiger charge is -2.09. The molecule has 0 spiro atoms. The lowest BCUT2D eigenvalue weighted by molar-refractivity contribution is 0.0697. The van der Waals surface area contributed by atoms with Gasteiger partial charge in [-0.15, -0.1) is 12.4 Å². The summed E-state index contributed by atoms with van der Waals surface area (Å²) in [5, 5.41) is 9.37. The molecule has 0 radical (unpaired) electrons.